The lowest BCUT2D eigenvalue weighted by atomic mass is 10.3. The van der Waals surface area contributed by atoms with Crippen molar-refractivity contribution in [2.75, 3.05) is 26.4 Å². The normalized spacial score (nSPS) is 14.0. The number of carbonyl (C=O) groups excluding carboxylic acids is 1. The van der Waals surface area contributed by atoms with E-state index in [-0.39, 0.29) is 25.4 Å². The van der Waals surface area contributed by atoms with Crippen molar-refractivity contribution in [3.8, 4) is 0 Å². The van der Waals surface area contributed by atoms with Crippen LogP contribution >= 0.6 is 0 Å². The molecular weight excluding hydrogens is 236 g/mol. The van der Waals surface area contributed by atoms with E-state index in [0.29, 0.717) is 13.2 Å². The highest BCUT2D eigenvalue weighted by Gasteiger charge is 2.05. The van der Waals surface area contributed by atoms with E-state index in [0.717, 1.165) is 12.8 Å². The van der Waals surface area contributed by atoms with E-state index < -0.39 is 6.16 Å². The van der Waals surface area contributed by atoms with Crippen LogP contribution < -0.4 is 0 Å². The van der Waals surface area contributed by atoms with Crippen LogP contribution in [0.2, 0.25) is 0 Å². The van der Waals surface area contributed by atoms with E-state index in [1.165, 1.54) is 0 Å². The largest absolute Gasteiger partial charge is 0.508 e. The van der Waals surface area contributed by atoms with Crippen molar-refractivity contribution in [2.24, 2.45) is 0 Å². The molecule has 0 rings (SSSR count). The Hall–Kier alpha value is -0.810. The molecule has 0 saturated carbocycles. The maximum absolute atomic E-state index is 11.1. The molecule has 0 N–H and O–H groups in total. The molecule has 0 fully saturated rings. The van der Waals surface area contributed by atoms with Crippen LogP contribution in [0.4, 0.5) is 4.79 Å². The Morgan fingerprint density at radius 3 is 1.56 bits per heavy atom. The van der Waals surface area contributed by atoms with Gasteiger partial charge >= 0.3 is 6.16 Å². The van der Waals surface area contributed by atoms with Crippen LogP contribution in [0.5, 0.6) is 0 Å². The minimum Gasteiger partial charge on any atom is -0.432 e. The fraction of sp³-hybridized carbons (Fsp3) is 0.923. The molecule has 2 unspecified atom stereocenters. The zero-order valence-corrected chi connectivity index (χ0v) is 11.9. The number of hydrogen-bond donors (Lipinski definition) is 0. The second kappa shape index (κ2) is 11.3. The molecule has 0 aromatic rings. The van der Waals surface area contributed by atoms with Gasteiger partial charge in [-0.05, 0) is 26.7 Å². The third-order valence-electron chi connectivity index (χ3n) is 2.56. The fourth-order valence-electron chi connectivity index (χ4n) is 1.03. The molecule has 0 spiro atoms. The van der Waals surface area contributed by atoms with Crippen molar-refractivity contribution < 1.29 is 23.7 Å². The summed E-state index contributed by atoms with van der Waals surface area (Å²) in [4.78, 5) is 11.1. The maximum Gasteiger partial charge on any atom is 0.508 e. The summed E-state index contributed by atoms with van der Waals surface area (Å²) in [5, 5.41) is 0. The summed E-state index contributed by atoms with van der Waals surface area (Å²) in [6.07, 6.45) is 1.59. The molecule has 0 amide bonds. The minimum absolute atomic E-state index is 0.188. The van der Waals surface area contributed by atoms with Crippen LogP contribution in [0.15, 0.2) is 0 Å². The fourth-order valence-corrected chi connectivity index (χ4v) is 1.03. The van der Waals surface area contributed by atoms with Gasteiger partial charge in [0.1, 0.15) is 13.2 Å². The van der Waals surface area contributed by atoms with Gasteiger partial charge in [0.2, 0.25) is 0 Å². The SMILES string of the molecule is CCC(C)OCCOC(=O)OCCOC(C)CC. The molecule has 108 valence electrons. The van der Waals surface area contributed by atoms with Crippen molar-refractivity contribution in [3.63, 3.8) is 0 Å². The van der Waals surface area contributed by atoms with Crippen LogP contribution in [-0.2, 0) is 18.9 Å². The highest BCUT2D eigenvalue weighted by Crippen LogP contribution is 1.97. The topological polar surface area (TPSA) is 54.0 Å². The third-order valence-corrected chi connectivity index (χ3v) is 2.56. The lowest BCUT2D eigenvalue weighted by Crippen LogP contribution is -2.18. The third kappa shape index (κ3) is 10.4. The Morgan fingerprint density at radius 1 is 0.833 bits per heavy atom. The van der Waals surface area contributed by atoms with Gasteiger partial charge in [0, 0.05) is 0 Å². The molecular formula is C13H26O5. The van der Waals surface area contributed by atoms with Gasteiger partial charge in [-0.3, -0.25) is 0 Å². The average Bonchev–Trinajstić information content (AvgIpc) is 2.38. The van der Waals surface area contributed by atoms with Crippen LogP contribution in [0.3, 0.4) is 0 Å². The van der Waals surface area contributed by atoms with Gasteiger partial charge in [-0.1, -0.05) is 13.8 Å². The van der Waals surface area contributed by atoms with Crippen LogP contribution in [-0.4, -0.2) is 44.8 Å². The summed E-state index contributed by atoms with van der Waals surface area (Å²) in [5.74, 6) is 0. The van der Waals surface area contributed by atoms with Crippen LogP contribution in [0.1, 0.15) is 40.5 Å². The van der Waals surface area contributed by atoms with E-state index in [2.05, 4.69) is 0 Å². The van der Waals surface area contributed by atoms with Crippen molar-refractivity contribution in [1.29, 1.82) is 0 Å². The number of rotatable bonds is 10. The van der Waals surface area contributed by atoms with Crippen LogP contribution in [0.25, 0.3) is 0 Å². The summed E-state index contributed by atoms with van der Waals surface area (Å²) in [6, 6.07) is 0. The van der Waals surface area contributed by atoms with Crippen molar-refractivity contribution in [1.82, 2.24) is 0 Å². The van der Waals surface area contributed by atoms with Crippen LogP contribution in [0, 0.1) is 0 Å². The first kappa shape index (κ1) is 17.2. The lowest BCUT2D eigenvalue weighted by molar-refractivity contribution is -0.0121. The highest BCUT2D eigenvalue weighted by molar-refractivity contribution is 5.59. The summed E-state index contributed by atoms with van der Waals surface area (Å²) in [6.45, 7) is 9.26. The Balaban J connectivity index is 3.33. The molecule has 0 aromatic carbocycles. The zero-order valence-electron chi connectivity index (χ0n) is 11.9. The smallest absolute Gasteiger partial charge is 0.432 e. The molecule has 0 aliphatic rings. The number of carbonyl (C=O) groups is 1. The van der Waals surface area contributed by atoms with E-state index >= 15 is 0 Å². The van der Waals surface area contributed by atoms with Gasteiger partial charge in [0.25, 0.3) is 0 Å². The molecule has 0 aliphatic carbocycles. The Bertz CT molecular complexity index is 188. The van der Waals surface area contributed by atoms with E-state index in [4.69, 9.17) is 18.9 Å². The van der Waals surface area contributed by atoms with Gasteiger partial charge in [-0.15, -0.1) is 0 Å². The van der Waals surface area contributed by atoms with Crippen molar-refractivity contribution in [2.45, 2.75) is 52.7 Å². The van der Waals surface area contributed by atoms with Gasteiger partial charge < -0.3 is 18.9 Å². The molecule has 0 heterocycles. The summed E-state index contributed by atoms with van der Waals surface area (Å²) in [7, 11) is 0. The van der Waals surface area contributed by atoms with Gasteiger partial charge in [0.05, 0.1) is 25.4 Å². The first-order valence-electron chi connectivity index (χ1n) is 6.62. The molecule has 0 bridgehead atoms. The molecule has 0 aliphatic heterocycles. The number of ether oxygens (including phenoxy) is 4. The van der Waals surface area contributed by atoms with Gasteiger partial charge in [-0.25, -0.2) is 4.79 Å². The van der Waals surface area contributed by atoms with E-state index in [9.17, 15) is 4.79 Å². The molecule has 18 heavy (non-hydrogen) atoms. The maximum atomic E-state index is 11.1. The second-order valence-electron chi connectivity index (χ2n) is 4.13. The monoisotopic (exact) mass is 262 g/mol. The lowest BCUT2D eigenvalue weighted by Gasteiger charge is -2.12. The first-order valence-corrected chi connectivity index (χ1v) is 6.62. The predicted molar refractivity (Wildman–Crippen MR) is 68.7 cm³/mol. The Labute approximate surface area is 110 Å². The average molecular weight is 262 g/mol. The first-order chi connectivity index (χ1) is 8.60. The second-order valence-corrected chi connectivity index (χ2v) is 4.13. The molecule has 0 saturated heterocycles. The molecule has 5 heteroatoms. The molecule has 0 aromatic heterocycles. The molecule has 2 atom stereocenters. The van der Waals surface area contributed by atoms with Crippen molar-refractivity contribution in [3.05, 3.63) is 0 Å². The van der Waals surface area contributed by atoms with Crippen molar-refractivity contribution >= 4 is 6.16 Å². The summed E-state index contributed by atoms with van der Waals surface area (Å²) < 4.78 is 20.4. The zero-order chi connectivity index (χ0) is 13.8. The molecule has 0 radical (unpaired) electrons. The number of hydrogen-bond acceptors (Lipinski definition) is 5. The highest BCUT2D eigenvalue weighted by atomic mass is 16.7. The Morgan fingerprint density at radius 2 is 1.22 bits per heavy atom. The Kier molecular flexibility index (Phi) is 10.8. The quantitative estimate of drug-likeness (QED) is 0.447. The van der Waals surface area contributed by atoms with Gasteiger partial charge in [-0.2, -0.15) is 0 Å². The van der Waals surface area contributed by atoms with E-state index in [1.54, 1.807) is 0 Å². The standard InChI is InChI=1S/C13H26O5/c1-5-11(3)15-7-9-17-13(14)18-10-8-16-12(4)6-2/h11-12H,5-10H2,1-4H3. The summed E-state index contributed by atoms with van der Waals surface area (Å²) in [5.41, 5.74) is 0. The predicted octanol–water partition coefficient (Wildman–Crippen LogP) is 2.77. The summed E-state index contributed by atoms with van der Waals surface area (Å²) >= 11 is 0. The molecule has 5 nitrogen and oxygen atoms in total. The van der Waals surface area contributed by atoms with E-state index in [1.807, 2.05) is 27.7 Å². The minimum atomic E-state index is -0.671. The van der Waals surface area contributed by atoms with Gasteiger partial charge in [0.15, 0.2) is 0 Å².